The molecule has 0 bridgehead atoms. The van der Waals surface area contributed by atoms with Crippen LogP contribution in [0.5, 0.6) is 0 Å². The Balaban J connectivity index is 2.02. The molecule has 0 aliphatic carbocycles. The van der Waals surface area contributed by atoms with Crippen LogP contribution in [0.3, 0.4) is 0 Å². The molecule has 2 aromatic rings. The third kappa shape index (κ3) is 6.89. The van der Waals surface area contributed by atoms with E-state index < -0.39 is 41.2 Å². The number of amides is 4. The molecule has 0 aliphatic heterocycles. The lowest BCUT2D eigenvalue weighted by atomic mass is 10.0. The average Bonchev–Trinajstić information content (AvgIpc) is 3.06. The second kappa shape index (κ2) is 9.58. The van der Waals surface area contributed by atoms with Crippen molar-refractivity contribution < 1.29 is 29.0 Å². The molecule has 4 amide bonds. The predicted molar refractivity (Wildman–Crippen MR) is 117 cm³/mol. The number of benzene rings is 1. The Labute approximate surface area is 185 Å². The summed E-state index contributed by atoms with van der Waals surface area (Å²) in [6.45, 7) is 7.91. The van der Waals surface area contributed by atoms with Crippen molar-refractivity contribution in [3.63, 3.8) is 0 Å². The SMILES string of the molecule is CC(C)(C)OC(=O)NC(C)(C)C(=O)NNC(=O)C(Cc1c[nH]c2ccccc12)NC(=O)O. The highest BCUT2D eigenvalue weighted by atomic mass is 16.6. The van der Waals surface area contributed by atoms with Gasteiger partial charge in [-0.1, -0.05) is 18.2 Å². The van der Waals surface area contributed by atoms with Crippen LogP contribution in [0, 0.1) is 0 Å². The maximum atomic E-state index is 12.6. The topological polar surface area (TPSA) is 162 Å². The largest absolute Gasteiger partial charge is 0.465 e. The van der Waals surface area contributed by atoms with E-state index in [-0.39, 0.29) is 6.42 Å². The fourth-order valence-electron chi connectivity index (χ4n) is 2.86. The molecule has 0 radical (unpaired) electrons. The first kappa shape index (κ1) is 24.5. The summed E-state index contributed by atoms with van der Waals surface area (Å²) in [5, 5.41) is 14.5. The van der Waals surface area contributed by atoms with E-state index in [1.807, 2.05) is 24.3 Å². The van der Waals surface area contributed by atoms with Crippen LogP contribution in [-0.2, 0) is 20.7 Å². The lowest BCUT2D eigenvalue weighted by Crippen LogP contribution is -2.61. The van der Waals surface area contributed by atoms with E-state index in [1.54, 1.807) is 27.0 Å². The van der Waals surface area contributed by atoms with E-state index >= 15 is 0 Å². The van der Waals surface area contributed by atoms with E-state index in [2.05, 4.69) is 26.5 Å². The molecule has 0 saturated heterocycles. The summed E-state index contributed by atoms with van der Waals surface area (Å²) < 4.78 is 5.13. The van der Waals surface area contributed by atoms with Gasteiger partial charge in [0.2, 0.25) is 0 Å². The van der Waals surface area contributed by atoms with Crippen molar-refractivity contribution in [3.05, 3.63) is 36.0 Å². The van der Waals surface area contributed by atoms with Crippen LogP contribution in [0.1, 0.15) is 40.2 Å². The highest BCUT2D eigenvalue weighted by molar-refractivity contribution is 5.93. The van der Waals surface area contributed by atoms with Gasteiger partial charge < -0.3 is 25.5 Å². The summed E-state index contributed by atoms with van der Waals surface area (Å²) in [5.41, 5.74) is 3.84. The van der Waals surface area contributed by atoms with Gasteiger partial charge in [0.1, 0.15) is 17.2 Å². The number of hydrogen-bond donors (Lipinski definition) is 6. The number of para-hydroxylation sites is 1. The van der Waals surface area contributed by atoms with Gasteiger partial charge in [-0.15, -0.1) is 0 Å². The highest BCUT2D eigenvalue weighted by Crippen LogP contribution is 2.19. The molecule has 1 atom stereocenters. The zero-order valence-electron chi connectivity index (χ0n) is 18.7. The van der Waals surface area contributed by atoms with Crippen molar-refractivity contribution in [2.75, 3.05) is 0 Å². The first-order valence-corrected chi connectivity index (χ1v) is 9.94. The number of fused-ring (bicyclic) bond motifs is 1. The minimum atomic E-state index is -1.41. The van der Waals surface area contributed by atoms with Gasteiger partial charge in [-0.25, -0.2) is 9.59 Å². The van der Waals surface area contributed by atoms with Crippen molar-refractivity contribution in [2.24, 2.45) is 0 Å². The summed E-state index contributed by atoms with van der Waals surface area (Å²) in [6, 6.07) is 6.22. The highest BCUT2D eigenvalue weighted by Gasteiger charge is 2.32. The zero-order valence-corrected chi connectivity index (χ0v) is 18.7. The Morgan fingerprint density at radius 1 is 1.06 bits per heavy atom. The molecule has 0 aliphatic rings. The smallest absolute Gasteiger partial charge is 0.408 e. The first-order valence-electron chi connectivity index (χ1n) is 9.94. The van der Waals surface area contributed by atoms with Crippen molar-refractivity contribution in [3.8, 4) is 0 Å². The Morgan fingerprint density at radius 2 is 1.72 bits per heavy atom. The number of aromatic nitrogens is 1. The van der Waals surface area contributed by atoms with Crippen molar-refractivity contribution >= 4 is 34.9 Å². The van der Waals surface area contributed by atoms with Crippen LogP contribution in [0.2, 0.25) is 0 Å². The number of nitrogens with one attached hydrogen (secondary N) is 5. The number of rotatable bonds is 6. The van der Waals surface area contributed by atoms with Gasteiger partial charge in [0, 0.05) is 23.5 Å². The van der Waals surface area contributed by atoms with Gasteiger partial charge in [0.25, 0.3) is 11.8 Å². The molecule has 11 nitrogen and oxygen atoms in total. The lowest BCUT2D eigenvalue weighted by Gasteiger charge is -2.28. The number of hydrogen-bond acceptors (Lipinski definition) is 5. The molecule has 0 fully saturated rings. The minimum absolute atomic E-state index is 0.0531. The van der Waals surface area contributed by atoms with Crippen molar-refractivity contribution in [2.45, 2.75) is 58.2 Å². The molecule has 1 heterocycles. The molecule has 6 N–H and O–H groups in total. The number of carbonyl (C=O) groups excluding carboxylic acids is 3. The Bertz CT molecular complexity index is 1010. The van der Waals surface area contributed by atoms with Gasteiger partial charge in [-0.05, 0) is 46.2 Å². The van der Waals surface area contributed by atoms with E-state index in [0.29, 0.717) is 0 Å². The molecule has 1 aromatic heterocycles. The van der Waals surface area contributed by atoms with Crippen LogP contribution in [0.4, 0.5) is 9.59 Å². The van der Waals surface area contributed by atoms with E-state index in [0.717, 1.165) is 16.5 Å². The molecule has 2 rings (SSSR count). The summed E-state index contributed by atoms with van der Waals surface area (Å²) in [7, 11) is 0. The molecule has 174 valence electrons. The van der Waals surface area contributed by atoms with Gasteiger partial charge in [0.15, 0.2) is 0 Å². The molecule has 11 heteroatoms. The number of ether oxygens (including phenoxy) is 1. The number of hydrazine groups is 1. The quantitative estimate of drug-likeness (QED) is 0.370. The predicted octanol–water partition coefficient (Wildman–Crippen LogP) is 1.80. The van der Waals surface area contributed by atoms with Crippen LogP contribution in [-0.4, -0.2) is 51.3 Å². The van der Waals surface area contributed by atoms with E-state index in [1.165, 1.54) is 13.8 Å². The minimum Gasteiger partial charge on any atom is -0.465 e. The van der Waals surface area contributed by atoms with E-state index in [9.17, 15) is 19.2 Å². The molecule has 1 aromatic carbocycles. The molecule has 0 spiro atoms. The summed E-state index contributed by atoms with van der Waals surface area (Å²) in [4.78, 5) is 51.3. The standard InChI is InChI=1S/C21H29N5O6/c1-20(2,3)32-19(31)24-21(4,5)17(28)26-25-16(27)15(23-18(29)30)10-12-11-22-14-9-7-6-8-13(12)14/h6-9,11,15,22-23H,10H2,1-5H3,(H,24,31)(H,25,27)(H,26,28)(H,29,30). The fraction of sp³-hybridized carbons (Fsp3) is 0.429. The second-order valence-corrected chi connectivity index (χ2v) is 8.76. The second-order valence-electron chi connectivity index (χ2n) is 8.76. The molecule has 0 saturated carbocycles. The Morgan fingerprint density at radius 3 is 2.34 bits per heavy atom. The molecular weight excluding hydrogens is 418 g/mol. The number of carbonyl (C=O) groups is 4. The molecule has 32 heavy (non-hydrogen) atoms. The van der Waals surface area contributed by atoms with Crippen LogP contribution >= 0.6 is 0 Å². The summed E-state index contributed by atoms with van der Waals surface area (Å²) >= 11 is 0. The summed E-state index contributed by atoms with van der Waals surface area (Å²) in [6.07, 6.45) is -0.435. The van der Waals surface area contributed by atoms with Gasteiger partial charge in [-0.2, -0.15) is 0 Å². The average molecular weight is 447 g/mol. The monoisotopic (exact) mass is 447 g/mol. The van der Waals surface area contributed by atoms with Crippen molar-refractivity contribution in [1.82, 2.24) is 26.5 Å². The third-order valence-electron chi connectivity index (χ3n) is 4.39. The van der Waals surface area contributed by atoms with Crippen molar-refractivity contribution in [1.29, 1.82) is 0 Å². The Hall–Kier alpha value is -3.76. The van der Waals surface area contributed by atoms with Crippen LogP contribution in [0.25, 0.3) is 10.9 Å². The van der Waals surface area contributed by atoms with Gasteiger partial charge in [-0.3, -0.25) is 20.4 Å². The normalized spacial score (nSPS) is 12.5. The maximum absolute atomic E-state index is 12.6. The van der Waals surface area contributed by atoms with Crippen LogP contribution < -0.4 is 21.5 Å². The molecular formula is C21H29N5O6. The lowest BCUT2D eigenvalue weighted by molar-refractivity contribution is -0.132. The number of H-pyrrole nitrogens is 1. The summed E-state index contributed by atoms with van der Waals surface area (Å²) in [5.74, 6) is -1.49. The Kier molecular flexibility index (Phi) is 7.34. The fourth-order valence-corrected chi connectivity index (χ4v) is 2.86. The van der Waals surface area contributed by atoms with Gasteiger partial charge >= 0.3 is 12.2 Å². The number of alkyl carbamates (subject to hydrolysis) is 1. The third-order valence-corrected chi connectivity index (χ3v) is 4.39. The van der Waals surface area contributed by atoms with Gasteiger partial charge in [0.05, 0.1) is 0 Å². The number of aromatic amines is 1. The molecule has 1 unspecified atom stereocenters. The zero-order chi connectivity index (χ0) is 24.1. The van der Waals surface area contributed by atoms with E-state index in [4.69, 9.17) is 9.84 Å². The van der Waals surface area contributed by atoms with Crippen LogP contribution in [0.15, 0.2) is 30.5 Å². The maximum Gasteiger partial charge on any atom is 0.408 e. The number of carboxylic acid groups (broad SMARTS) is 1. The first-order chi connectivity index (χ1) is 14.8.